The highest BCUT2D eigenvalue weighted by Gasteiger charge is 2.30. The van der Waals surface area contributed by atoms with Crippen molar-refractivity contribution in [1.29, 1.82) is 0 Å². The Kier molecular flexibility index (Phi) is 4.30. The Hall–Kier alpha value is -1.59. The zero-order chi connectivity index (χ0) is 14.8. The molecule has 0 fully saturated rings. The molecule has 1 aromatic carbocycles. The average molecular weight is 278 g/mol. The number of hydrogen-bond acceptors (Lipinski definition) is 4. The molecule has 0 bridgehead atoms. The summed E-state index contributed by atoms with van der Waals surface area (Å²) in [5.74, 6) is 5.09. The first-order chi connectivity index (χ1) is 9.42. The van der Waals surface area contributed by atoms with Gasteiger partial charge in [0, 0.05) is 6.54 Å². The molecule has 0 radical (unpaired) electrons. The Bertz CT molecular complexity index is 494. The fourth-order valence-electron chi connectivity index (χ4n) is 2.41. The number of anilines is 1. The maximum Gasteiger partial charge on any atom is 0.414 e. The van der Waals surface area contributed by atoms with Crippen LogP contribution in [-0.2, 0) is 22.4 Å². The van der Waals surface area contributed by atoms with Crippen LogP contribution in [-0.4, -0.2) is 24.8 Å². The van der Waals surface area contributed by atoms with E-state index in [-0.39, 0.29) is 6.09 Å². The van der Waals surface area contributed by atoms with Crippen LogP contribution in [0.3, 0.4) is 0 Å². The number of benzene rings is 1. The predicted molar refractivity (Wildman–Crippen MR) is 77.6 cm³/mol. The Labute approximate surface area is 119 Å². The van der Waals surface area contributed by atoms with Crippen molar-refractivity contribution in [3.63, 3.8) is 0 Å². The largest absolute Gasteiger partial charge is 0.443 e. The summed E-state index contributed by atoms with van der Waals surface area (Å²) in [6.45, 7) is 6.70. The summed E-state index contributed by atoms with van der Waals surface area (Å²) in [7, 11) is 0. The molecule has 2 N–H and O–H groups in total. The van der Waals surface area contributed by atoms with Crippen molar-refractivity contribution in [2.75, 3.05) is 18.1 Å². The standard InChI is InChI=1S/C15H22N2O3/c1-15(2,3)20-14(18)17-9-7-11-5-4-6-12(13(11)17)8-10-19-16/h4-6H,7-10,16H2,1-3H3. The van der Waals surface area contributed by atoms with Crippen molar-refractivity contribution < 1.29 is 14.4 Å². The van der Waals surface area contributed by atoms with Crippen molar-refractivity contribution in [2.24, 2.45) is 5.90 Å². The highest BCUT2D eigenvalue weighted by molar-refractivity contribution is 5.91. The second-order valence-electron chi connectivity index (χ2n) is 5.93. The van der Waals surface area contributed by atoms with Crippen LogP contribution in [0.25, 0.3) is 0 Å². The first kappa shape index (κ1) is 14.8. The molecule has 1 aliphatic heterocycles. The smallest absolute Gasteiger partial charge is 0.414 e. The molecule has 0 saturated carbocycles. The average Bonchev–Trinajstić information content (AvgIpc) is 2.78. The van der Waals surface area contributed by atoms with Gasteiger partial charge in [0.05, 0.1) is 12.3 Å². The van der Waals surface area contributed by atoms with E-state index in [2.05, 4.69) is 4.84 Å². The number of carbonyl (C=O) groups excluding carboxylic acids is 1. The van der Waals surface area contributed by atoms with E-state index in [1.807, 2.05) is 39.0 Å². The normalized spacial score (nSPS) is 14.3. The fraction of sp³-hybridized carbons (Fsp3) is 0.533. The molecule has 1 heterocycles. The quantitative estimate of drug-likeness (QED) is 0.862. The minimum absolute atomic E-state index is 0.294. The number of hydrogen-bond donors (Lipinski definition) is 1. The van der Waals surface area contributed by atoms with Crippen molar-refractivity contribution >= 4 is 11.8 Å². The molecule has 20 heavy (non-hydrogen) atoms. The number of ether oxygens (including phenoxy) is 1. The van der Waals surface area contributed by atoms with E-state index in [1.165, 1.54) is 5.56 Å². The van der Waals surface area contributed by atoms with E-state index in [0.29, 0.717) is 19.6 Å². The molecular weight excluding hydrogens is 256 g/mol. The lowest BCUT2D eigenvalue weighted by molar-refractivity contribution is 0.0583. The summed E-state index contributed by atoms with van der Waals surface area (Å²) in [6, 6.07) is 6.05. The Morgan fingerprint density at radius 2 is 2.15 bits per heavy atom. The molecule has 5 heteroatoms. The molecule has 0 unspecified atom stereocenters. The van der Waals surface area contributed by atoms with Crippen molar-refractivity contribution in [3.8, 4) is 0 Å². The molecule has 110 valence electrons. The van der Waals surface area contributed by atoms with Crippen LogP contribution < -0.4 is 10.8 Å². The van der Waals surface area contributed by atoms with Crippen molar-refractivity contribution in [2.45, 2.75) is 39.2 Å². The van der Waals surface area contributed by atoms with Crippen LogP contribution in [0.5, 0.6) is 0 Å². The minimum atomic E-state index is -0.491. The van der Waals surface area contributed by atoms with Gasteiger partial charge < -0.3 is 9.57 Å². The molecule has 0 saturated heterocycles. The van der Waals surface area contributed by atoms with E-state index in [0.717, 1.165) is 17.7 Å². The second kappa shape index (κ2) is 5.81. The van der Waals surface area contributed by atoms with Gasteiger partial charge in [-0.05, 0) is 44.7 Å². The fourth-order valence-corrected chi connectivity index (χ4v) is 2.41. The van der Waals surface area contributed by atoms with Gasteiger partial charge in [-0.2, -0.15) is 0 Å². The third kappa shape index (κ3) is 3.29. The third-order valence-electron chi connectivity index (χ3n) is 3.18. The summed E-state index contributed by atoms with van der Waals surface area (Å²) >= 11 is 0. The number of nitrogens with zero attached hydrogens (tertiary/aromatic N) is 1. The zero-order valence-corrected chi connectivity index (χ0v) is 12.3. The molecule has 2 rings (SSSR count). The lowest BCUT2D eigenvalue weighted by Gasteiger charge is -2.26. The Morgan fingerprint density at radius 3 is 2.80 bits per heavy atom. The van der Waals surface area contributed by atoms with Crippen LogP contribution in [0.15, 0.2) is 18.2 Å². The number of para-hydroxylation sites is 1. The summed E-state index contributed by atoms with van der Waals surface area (Å²) < 4.78 is 5.47. The highest BCUT2D eigenvalue weighted by Crippen LogP contribution is 2.33. The molecule has 5 nitrogen and oxygen atoms in total. The summed E-state index contributed by atoms with van der Waals surface area (Å²) in [4.78, 5) is 18.7. The molecule has 1 amide bonds. The number of carbonyl (C=O) groups is 1. The van der Waals surface area contributed by atoms with Gasteiger partial charge in [-0.25, -0.2) is 10.7 Å². The van der Waals surface area contributed by atoms with Crippen LogP contribution in [0.1, 0.15) is 31.9 Å². The monoisotopic (exact) mass is 278 g/mol. The van der Waals surface area contributed by atoms with E-state index < -0.39 is 5.60 Å². The zero-order valence-electron chi connectivity index (χ0n) is 12.3. The molecule has 0 spiro atoms. The number of amides is 1. The summed E-state index contributed by atoms with van der Waals surface area (Å²) in [6.07, 6.45) is 1.24. The van der Waals surface area contributed by atoms with Gasteiger partial charge in [-0.3, -0.25) is 4.90 Å². The first-order valence-corrected chi connectivity index (χ1v) is 6.85. The van der Waals surface area contributed by atoms with Crippen molar-refractivity contribution in [1.82, 2.24) is 0 Å². The van der Waals surface area contributed by atoms with E-state index >= 15 is 0 Å². The minimum Gasteiger partial charge on any atom is -0.443 e. The Morgan fingerprint density at radius 1 is 1.40 bits per heavy atom. The predicted octanol–water partition coefficient (Wildman–Crippen LogP) is 2.42. The third-order valence-corrected chi connectivity index (χ3v) is 3.18. The van der Waals surface area contributed by atoms with Crippen LogP contribution >= 0.6 is 0 Å². The first-order valence-electron chi connectivity index (χ1n) is 6.85. The van der Waals surface area contributed by atoms with E-state index in [1.54, 1.807) is 4.90 Å². The van der Waals surface area contributed by atoms with Crippen molar-refractivity contribution in [3.05, 3.63) is 29.3 Å². The number of nitrogens with two attached hydrogens (primary N) is 1. The topological polar surface area (TPSA) is 64.8 Å². The van der Waals surface area contributed by atoms with Gasteiger partial charge in [-0.15, -0.1) is 0 Å². The second-order valence-corrected chi connectivity index (χ2v) is 5.93. The maximum atomic E-state index is 12.3. The van der Waals surface area contributed by atoms with Gasteiger partial charge in [0.25, 0.3) is 0 Å². The molecular formula is C15H22N2O3. The lowest BCUT2D eigenvalue weighted by Crippen LogP contribution is -2.36. The molecule has 0 aromatic heterocycles. The molecule has 0 atom stereocenters. The lowest BCUT2D eigenvalue weighted by atomic mass is 10.1. The number of rotatable bonds is 3. The van der Waals surface area contributed by atoms with Gasteiger partial charge in [-0.1, -0.05) is 18.2 Å². The number of fused-ring (bicyclic) bond motifs is 1. The van der Waals surface area contributed by atoms with Gasteiger partial charge in [0.1, 0.15) is 5.60 Å². The van der Waals surface area contributed by atoms with Crippen LogP contribution in [0.2, 0.25) is 0 Å². The summed E-state index contributed by atoms with van der Waals surface area (Å²) in [5.41, 5.74) is 2.70. The van der Waals surface area contributed by atoms with E-state index in [9.17, 15) is 4.79 Å². The SMILES string of the molecule is CC(C)(C)OC(=O)N1CCc2cccc(CCON)c21. The molecule has 1 aromatic rings. The van der Waals surface area contributed by atoms with Gasteiger partial charge >= 0.3 is 6.09 Å². The van der Waals surface area contributed by atoms with E-state index in [4.69, 9.17) is 10.6 Å². The molecule has 1 aliphatic rings. The van der Waals surface area contributed by atoms with Gasteiger partial charge in [0.15, 0.2) is 0 Å². The summed E-state index contributed by atoms with van der Waals surface area (Å²) in [5, 5.41) is 0. The highest BCUT2D eigenvalue weighted by atomic mass is 16.6. The van der Waals surface area contributed by atoms with Crippen LogP contribution in [0.4, 0.5) is 10.5 Å². The van der Waals surface area contributed by atoms with Crippen LogP contribution in [0, 0.1) is 0 Å². The van der Waals surface area contributed by atoms with Gasteiger partial charge in [0.2, 0.25) is 0 Å². The molecule has 0 aliphatic carbocycles. The Balaban J connectivity index is 2.24. The maximum absolute atomic E-state index is 12.3.